The molecule has 0 unspecified atom stereocenters. The molecule has 4 aromatic rings. The van der Waals surface area contributed by atoms with Crippen LogP contribution in [0.15, 0.2) is 91.0 Å². The first kappa shape index (κ1) is 13.8. The van der Waals surface area contributed by atoms with Gasteiger partial charge in [-0.3, -0.25) is 0 Å². The largest absolute Gasteiger partial charge is 0.0622 e. The Morgan fingerprint density at radius 1 is 0.522 bits per heavy atom. The summed E-state index contributed by atoms with van der Waals surface area (Å²) < 4.78 is 0. The van der Waals surface area contributed by atoms with Crippen molar-refractivity contribution < 1.29 is 0 Å². The molecule has 0 heterocycles. The molecule has 0 spiro atoms. The Bertz CT molecular complexity index is 965. The van der Waals surface area contributed by atoms with E-state index in [1.54, 1.807) is 0 Å². The Labute approximate surface area is 137 Å². The van der Waals surface area contributed by atoms with Gasteiger partial charge in [-0.1, -0.05) is 78.9 Å². The summed E-state index contributed by atoms with van der Waals surface area (Å²) in [5, 5.41) is 2.59. The van der Waals surface area contributed by atoms with Crippen LogP contribution in [0.25, 0.3) is 33.0 Å². The Kier molecular flexibility index (Phi) is 3.44. The smallest absolute Gasteiger partial charge is 0.00992 e. The van der Waals surface area contributed by atoms with E-state index in [-0.39, 0.29) is 0 Å². The molecule has 0 heteroatoms. The standard InChI is InChI=1S/C23H18/c1-17-9-5-7-13-21(17)20-15-19-12-6-8-14-22(19)23(16-20)18-10-3-2-4-11-18/h2-16H,1H3. The molecule has 0 aliphatic rings. The van der Waals surface area contributed by atoms with Crippen LogP contribution in [0.4, 0.5) is 0 Å². The molecule has 0 N–H and O–H groups in total. The van der Waals surface area contributed by atoms with Gasteiger partial charge in [0.05, 0.1) is 0 Å². The van der Waals surface area contributed by atoms with Crippen molar-refractivity contribution in [1.29, 1.82) is 0 Å². The fourth-order valence-electron chi connectivity index (χ4n) is 3.22. The van der Waals surface area contributed by atoms with Gasteiger partial charge in [-0.25, -0.2) is 0 Å². The highest BCUT2D eigenvalue weighted by atomic mass is 14.1. The molecule has 0 nitrogen and oxygen atoms in total. The van der Waals surface area contributed by atoms with E-state index in [0.717, 1.165) is 0 Å². The van der Waals surface area contributed by atoms with E-state index in [4.69, 9.17) is 0 Å². The van der Waals surface area contributed by atoms with Gasteiger partial charge in [0.2, 0.25) is 0 Å². The molecule has 0 bridgehead atoms. The van der Waals surface area contributed by atoms with Crippen LogP contribution < -0.4 is 0 Å². The highest BCUT2D eigenvalue weighted by Gasteiger charge is 2.08. The highest BCUT2D eigenvalue weighted by molar-refractivity contribution is 6.00. The normalized spacial score (nSPS) is 10.8. The zero-order chi connectivity index (χ0) is 15.6. The molecule has 0 saturated heterocycles. The van der Waals surface area contributed by atoms with Gasteiger partial charge in [0.1, 0.15) is 0 Å². The van der Waals surface area contributed by atoms with Gasteiger partial charge in [0.25, 0.3) is 0 Å². The van der Waals surface area contributed by atoms with Crippen molar-refractivity contribution in [1.82, 2.24) is 0 Å². The number of hydrogen-bond acceptors (Lipinski definition) is 0. The van der Waals surface area contributed by atoms with Gasteiger partial charge < -0.3 is 0 Å². The second-order valence-electron chi connectivity index (χ2n) is 5.93. The van der Waals surface area contributed by atoms with E-state index in [9.17, 15) is 0 Å². The molecule has 0 atom stereocenters. The lowest BCUT2D eigenvalue weighted by Crippen LogP contribution is -1.87. The van der Waals surface area contributed by atoms with Crippen LogP contribution in [0, 0.1) is 6.92 Å². The van der Waals surface area contributed by atoms with Gasteiger partial charge in [0.15, 0.2) is 0 Å². The lowest BCUT2D eigenvalue weighted by Gasteiger charge is -2.12. The second-order valence-corrected chi connectivity index (χ2v) is 5.93. The summed E-state index contributed by atoms with van der Waals surface area (Å²) in [6, 6.07) is 32.5. The summed E-state index contributed by atoms with van der Waals surface area (Å²) in [6.45, 7) is 2.17. The number of benzene rings is 4. The predicted molar refractivity (Wildman–Crippen MR) is 99.6 cm³/mol. The van der Waals surface area contributed by atoms with Crippen LogP contribution >= 0.6 is 0 Å². The minimum Gasteiger partial charge on any atom is -0.0622 e. The molecule has 0 amide bonds. The molecule has 0 fully saturated rings. The Morgan fingerprint density at radius 2 is 1.22 bits per heavy atom. The summed E-state index contributed by atoms with van der Waals surface area (Å²) in [6.07, 6.45) is 0. The van der Waals surface area contributed by atoms with Gasteiger partial charge in [-0.15, -0.1) is 0 Å². The minimum atomic E-state index is 1.26. The molecule has 4 rings (SSSR count). The molecular formula is C23H18. The van der Waals surface area contributed by atoms with Crippen LogP contribution in [0.1, 0.15) is 5.56 Å². The first-order chi connectivity index (χ1) is 11.3. The zero-order valence-electron chi connectivity index (χ0n) is 13.2. The maximum absolute atomic E-state index is 2.32. The first-order valence-corrected chi connectivity index (χ1v) is 7.97. The molecule has 110 valence electrons. The molecule has 0 saturated carbocycles. The summed E-state index contributed by atoms with van der Waals surface area (Å²) in [5.74, 6) is 0. The summed E-state index contributed by atoms with van der Waals surface area (Å²) in [4.78, 5) is 0. The van der Waals surface area contributed by atoms with E-state index in [1.807, 2.05) is 0 Å². The fourth-order valence-corrected chi connectivity index (χ4v) is 3.22. The maximum Gasteiger partial charge on any atom is -0.00992 e. The summed E-state index contributed by atoms with van der Waals surface area (Å²) >= 11 is 0. The minimum absolute atomic E-state index is 1.26. The quantitative estimate of drug-likeness (QED) is 0.397. The number of fused-ring (bicyclic) bond motifs is 1. The van der Waals surface area contributed by atoms with Gasteiger partial charge in [-0.05, 0) is 57.6 Å². The Hall–Kier alpha value is -2.86. The molecule has 4 aromatic carbocycles. The van der Waals surface area contributed by atoms with Crippen molar-refractivity contribution in [2.45, 2.75) is 6.92 Å². The fraction of sp³-hybridized carbons (Fsp3) is 0.0435. The predicted octanol–water partition coefficient (Wildman–Crippen LogP) is 6.48. The lowest BCUT2D eigenvalue weighted by atomic mass is 9.92. The van der Waals surface area contributed by atoms with Crippen molar-refractivity contribution in [3.05, 3.63) is 96.6 Å². The molecule has 0 aromatic heterocycles. The van der Waals surface area contributed by atoms with Crippen LogP contribution in [-0.2, 0) is 0 Å². The van der Waals surface area contributed by atoms with Crippen molar-refractivity contribution in [3.8, 4) is 22.3 Å². The second kappa shape index (κ2) is 5.73. The molecule has 0 radical (unpaired) electrons. The van der Waals surface area contributed by atoms with E-state index in [1.165, 1.54) is 38.6 Å². The number of hydrogen-bond donors (Lipinski definition) is 0. The molecule has 0 aliphatic carbocycles. The Balaban J connectivity index is 2.04. The average molecular weight is 294 g/mol. The van der Waals surface area contributed by atoms with Crippen LogP contribution in [0.5, 0.6) is 0 Å². The molecule has 23 heavy (non-hydrogen) atoms. The van der Waals surface area contributed by atoms with Gasteiger partial charge >= 0.3 is 0 Å². The van der Waals surface area contributed by atoms with Crippen LogP contribution in [0.3, 0.4) is 0 Å². The first-order valence-electron chi connectivity index (χ1n) is 7.97. The zero-order valence-corrected chi connectivity index (χ0v) is 13.2. The lowest BCUT2D eigenvalue weighted by molar-refractivity contribution is 1.46. The monoisotopic (exact) mass is 294 g/mol. The summed E-state index contributed by atoms with van der Waals surface area (Å²) in [5.41, 5.74) is 6.44. The highest BCUT2D eigenvalue weighted by Crippen LogP contribution is 2.34. The number of aryl methyl sites for hydroxylation is 1. The number of rotatable bonds is 2. The topological polar surface area (TPSA) is 0 Å². The molecule has 0 aliphatic heterocycles. The van der Waals surface area contributed by atoms with Crippen molar-refractivity contribution in [2.24, 2.45) is 0 Å². The van der Waals surface area contributed by atoms with Crippen molar-refractivity contribution in [2.75, 3.05) is 0 Å². The van der Waals surface area contributed by atoms with E-state index < -0.39 is 0 Å². The van der Waals surface area contributed by atoms with Crippen LogP contribution in [-0.4, -0.2) is 0 Å². The molecular weight excluding hydrogens is 276 g/mol. The summed E-state index contributed by atoms with van der Waals surface area (Å²) in [7, 11) is 0. The third kappa shape index (κ3) is 2.53. The Morgan fingerprint density at radius 3 is 2.04 bits per heavy atom. The van der Waals surface area contributed by atoms with Gasteiger partial charge in [-0.2, -0.15) is 0 Å². The van der Waals surface area contributed by atoms with E-state index in [0.29, 0.717) is 0 Å². The van der Waals surface area contributed by atoms with Crippen molar-refractivity contribution in [3.63, 3.8) is 0 Å². The van der Waals surface area contributed by atoms with E-state index in [2.05, 4.69) is 97.9 Å². The third-order valence-electron chi connectivity index (χ3n) is 4.40. The van der Waals surface area contributed by atoms with E-state index >= 15 is 0 Å². The maximum atomic E-state index is 2.32. The van der Waals surface area contributed by atoms with Gasteiger partial charge in [0, 0.05) is 0 Å². The third-order valence-corrected chi connectivity index (χ3v) is 4.40. The SMILES string of the molecule is Cc1ccccc1-c1cc(-c2ccccc2)c2ccccc2c1. The van der Waals surface area contributed by atoms with Crippen LogP contribution in [0.2, 0.25) is 0 Å². The van der Waals surface area contributed by atoms with Crippen molar-refractivity contribution >= 4 is 10.8 Å². The average Bonchev–Trinajstić information content (AvgIpc) is 2.62.